The molecule has 2 aromatic carbocycles. The zero-order valence-corrected chi connectivity index (χ0v) is 17.4. The van der Waals surface area contributed by atoms with Crippen molar-refractivity contribution in [2.75, 3.05) is 30.3 Å². The average molecular weight is 438 g/mol. The van der Waals surface area contributed by atoms with Crippen molar-refractivity contribution < 1.29 is 27.4 Å². The lowest BCUT2D eigenvalue weighted by Gasteiger charge is -2.29. The van der Waals surface area contributed by atoms with Gasteiger partial charge in [0.05, 0.1) is 22.5 Å². The number of fused-ring (bicyclic) bond motifs is 2. The quantitative estimate of drug-likeness (QED) is 0.683. The van der Waals surface area contributed by atoms with Gasteiger partial charge in [-0.3, -0.25) is 4.31 Å². The molecule has 0 bridgehead atoms. The van der Waals surface area contributed by atoms with Crippen molar-refractivity contribution in [3.63, 3.8) is 0 Å². The lowest BCUT2D eigenvalue weighted by Crippen LogP contribution is -2.34. The summed E-state index contributed by atoms with van der Waals surface area (Å²) in [4.78, 5) is 12.5. The minimum atomic E-state index is -3.35. The highest BCUT2D eigenvalue weighted by atomic mass is 35.5. The van der Waals surface area contributed by atoms with Crippen LogP contribution >= 0.6 is 11.6 Å². The molecule has 4 rings (SSSR count). The van der Waals surface area contributed by atoms with E-state index in [1.807, 2.05) is 0 Å². The monoisotopic (exact) mass is 437 g/mol. The van der Waals surface area contributed by atoms with Crippen LogP contribution in [0.25, 0.3) is 0 Å². The summed E-state index contributed by atoms with van der Waals surface area (Å²) in [6, 6.07) is 8.37. The molecule has 154 valence electrons. The number of carbonyl (C=O) groups is 1. The van der Waals surface area contributed by atoms with Gasteiger partial charge in [-0.25, -0.2) is 13.2 Å². The molecule has 0 saturated carbocycles. The Morgan fingerprint density at radius 2 is 2.00 bits per heavy atom. The van der Waals surface area contributed by atoms with Gasteiger partial charge in [-0.15, -0.1) is 0 Å². The van der Waals surface area contributed by atoms with E-state index in [4.69, 9.17) is 25.8 Å². The van der Waals surface area contributed by atoms with Crippen LogP contribution in [0.1, 0.15) is 27.9 Å². The van der Waals surface area contributed by atoms with Crippen molar-refractivity contribution in [2.24, 2.45) is 0 Å². The van der Waals surface area contributed by atoms with Gasteiger partial charge in [0, 0.05) is 6.54 Å². The topological polar surface area (TPSA) is 82.1 Å². The van der Waals surface area contributed by atoms with E-state index in [9.17, 15) is 13.2 Å². The SMILES string of the molecule is CS(=O)(=O)N1CCCc2cc(C(=O)OCc3cc(Cl)c4c(c3)OCCO4)ccc21. The summed E-state index contributed by atoms with van der Waals surface area (Å²) in [6.45, 7) is 1.35. The van der Waals surface area contributed by atoms with Crippen LogP contribution in [-0.2, 0) is 27.8 Å². The molecule has 0 N–H and O–H groups in total. The predicted octanol–water partition coefficient (Wildman–Crippen LogP) is 3.18. The van der Waals surface area contributed by atoms with Crippen LogP contribution in [0.3, 0.4) is 0 Å². The molecule has 0 amide bonds. The van der Waals surface area contributed by atoms with Crippen LogP contribution < -0.4 is 13.8 Å². The highest BCUT2D eigenvalue weighted by molar-refractivity contribution is 7.92. The first-order valence-electron chi connectivity index (χ1n) is 9.19. The van der Waals surface area contributed by atoms with E-state index in [-0.39, 0.29) is 6.61 Å². The van der Waals surface area contributed by atoms with Crippen molar-refractivity contribution in [3.05, 3.63) is 52.0 Å². The summed E-state index contributed by atoms with van der Waals surface area (Å²) < 4.78 is 41.7. The van der Waals surface area contributed by atoms with E-state index in [0.29, 0.717) is 65.9 Å². The molecule has 0 spiro atoms. The number of nitrogens with zero attached hydrogens (tertiary/aromatic N) is 1. The fourth-order valence-corrected chi connectivity index (χ4v) is 4.80. The number of ether oxygens (including phenoxy) is 3. The number of esters is 1. The fraction of sp³-hybridized carbons (Fsp3) is 0.350. The Kier molecular flexibility index (Phi) is 5.31. The van der Waals surface area contributed by atoms with Crippen LogP contribution in [0.4, 0.5) is 5.69 Å². The lowest BCUT2D eigenvalue weighted by atomic mass is 10.0. The van der Waals surface area contributed by atoms with E-state index in [2.05, 4.69) is 0 Å². The van der Waals surface area contributed by atoms with Gasteiger partial charge >= 0.3 is 5.97 Å². The molecule has 0 fully saturated rings. The van der Waals surface area contributed by atoms with Gasteiger partial charge in [0.25, 0.3) is 0 Å². The van der Waals surface area contributed by atoms with E-state index < -0.39 is 16.0 Å². The number of anilines is 1. The molecule has 2 aliphatic rings. The van der Waals surface area contributed by atoms with Gasteiger partial charge < -0.3 is 14.2 Å². The Morgan fingerprint density at radius 3 is 2.79 bits per heavy atom. The van der Waals surface area contributed by atoms with Crippen molar-refractivity contribution in [1.82, 2.24) is 0 Å². The minimum absolute atomic E-state index is 0.0295. The van der Waals surface area contributed by atoms with Crippen molar-refractivity contribution in [3.8, 4) is 11.5 Å². The van der Waals surface area contributed by atoms with Gasteiger partial charge in [-0.1, -0.05) is 11.6 Å². The third kappa shape index (κ3) is 4.13. The normalized spacial score (nSPS) is 15.6. The summed E-state index contributed by atoms with van der Waals surface area (Å²) in [5, 5.41) is 0.405. The number of rotatable bonds is 4. The summed E-state index contributed by atoms with van der Waals surface area (Å²) >= 11 is 6.21. The summed E-state index contributed by atoms with van der Waals surface area (Å²) in [5.74, 6) is 0.540. The second-order valence-electron chi connectivity index (χ2n) is 6.96. The Bertz CT molecular complexity index is 1070. The summed E-state index contributed by atoms with van der Waals surface area (Å²) in [5.41, 5.74) is 2.50. The molecule has 9 heteroatoms. The van der Waals surface area contributed by atoms with Crippen LogP contribution in [-0.4, -0.2) is 40.4 Å². The maximum atomic E-state index is 12.5. The molecule has 0 aliphatic carbocycles. The number of sulfonamides is 1. The molecule has 0 radical (unpaired) electrons. The first-order valence-corrected chi connectivity index (χ1v) is 11.4. The van der Waals surface area contributed by atoms with Crippen LogP contribution in [0.15, 0.2) is 30.3 Å². The lowest BCUT2D eigenvalue weighted by molar-refractivity contribution is 0.0472. The molecule has 0 saturated heterocycles. The first-order chi connectivity index (χ1) is 13.8. The van der Waals surface area contributed by atoms with Crippen molar-refractivity contribution in [1.29, 1.82) is 0 Å². The van der Waals surface area contributed by atoms with Gasteiger partial charge in [0.15, 0.2) is 11.5 Å². The largest absolute Gasteiger partial charge is 0.486 e. The Labute approximate surface area is 174 Å². The second-order valence-corrected chi connectivity index (χ2v) is 9.27. The average Bonchev–Trinajstić information content (AvgIpc) is 2.70. The standard InChI is InChI=1S/C20H20ClNO6S/c1-29(24,25)22-6-2-3-14-11-15(4-5-17(14)22)20(23)28-12-13-9-16(21)19-18(10-13)26-7-8-27-19/h4-5,9-11H,2-3,6-8,12H2,1H3. The van der Waals surface area contributed by atoms with Gasteiger partial charge in [-0.05, 0) is 54.3 Å². The summed E-state index contributed by atoms with van der Waals surface area (Å²) in [6.07, 6.45) is 2.59. The zero-order valence-electron chi connectivity index (χ0n) is 15.8. The van der Waals surface area contributed by atoms with Crippen LogP contribution in [0.5, 0.6) is 11.5 Å². The number of carbonyl (C=O) groups excluding carboxylic acids is 1. The Balaban J connectivity index is 1.49. The van der Waals surface area contributed by atoms with Gasteiger partial charge in [-0.2, -0.15) is 0 Å². The molecule has 2 aromatic rings. The van der Waals surface area contributed by atoms with E-state index in [1.54, 1.807) is 30.3 Å². The Hall–Kier alpha value is -2.45. The predicted molar refractivity (Wildman–Crippen MR) is 109 cm³/mol. The molecule has 0 aromatic heterocycles. The van der Waals surface area contributed by atoms with Crippen molar-refractivity contribution >= 4 is 33.3 Å². The smallest absolute Gasteiger partial charge is 0.338 e. The Morgan fingerprint density at radius 1 is 1.21 bits per heavy atom. The van der Waals surface area contributed by atoms with E-state index >= 15 is 0 Å². The molecule has 7 nitrogen and oxygen atoms in total. The highest BCUT2D eigenvalue weighted by Gasteiger charge is 2.25. The number of benzene rings is 2. The van der Waals surface area contributed by atoms with Crippen LogP contribution in [0.2, 0.25) is 5.02 Å². The number of halogens is 1. The minimum Gasteiger partial charge on any atom is -0.486 e. The number of hydrogen-bond acceptors (Lipinski definition) is 6. The van der Waals surface area contributed by atoms with Gasteiger partial charge in [0.1, 0.15) is 19.8 Å². The molecular weight excluding hydrogens is 418 g/mol. The maximum absolute atomic E-state index is 12.5. The first kappa shape index (κ1) is 19.8. The third-order valence-electron chi connectivity index (χ3n) is 4.82. The summed E-state index contributed by atoms with van der Waals surface area (Å²) in [7, 11) is -3.35. The molecule has 2 heterocycles. The van der Waals surface area contributed by atoms with Gasteiger partial charge in [0.2, 0.25) is 10.0 Å². The highest BCUT2D eigenvalue weighted by Crippen LogP contribution is 2.38. The number of hydrogen-bond donors (Lipinski definition) is 0. The van der Waals surface area contributed by atoms with E-state index in [0.717, 1.165) is 5.56 Å². The maximum Gasteiger partial charge on any atom is 0.338 e. The molecule has 29 heavy (non-hydrogen) atoms. The zero-order chi connectivity index (χ0) is 20.6. The van der Waals surface area contributed by atoms with E-state index in [1.165, 1.54) is 10.6 Å². The van der Waals surface area contributed by atoms with Crippen molar-refractivity contribution in [2.45, 2.75) is 19.4 Å². The second kappa shape index (κ2) is 7.76. The molecule has 0 atom stereocenters. The van der Waals surface area contributed by atoms with Crippen LogP contribution in [0, 0.1) is 0 Å². The molecule has 2 aliphatic heterocycles. The number of aryl methyl sites for hydroxylation is 1. The fourth-order valence-electron chi connectivity index (χ4n) is 3.51. The molecular formula is C20H20ClNO6S. The molecule has 0 unspecified atom stereocenters. The third-order valence-corrected chi connectivity index (χ3v) is 6.28.